The van der Waals surface area contributed by atoms with Crippen LogP contribution in [0.15, 0.2) is 46.4 Å². The summed E-state index contributed by atoms with van der Waals surface area (Å²) < 4.78 is 11.7. The molecule has 2 aromatic rings. The maximum atomic E-state index is 12.3. The second kappa shape index (κ2) is 7.11. The molecular weight excluding hydrogens is 354 g/mol. The number of ketones is 1. The maximum Gasteiger partial charge on any atom is 0.225 e. The number of hydrogen-bond donors (Lipinski definition) is 1. The van der Waals surface area contributed by atoms with Gasteiger partial charge in [0.25, 0.3) is 0 Å². The molecule has 1 atom stereocenters. The van der Waals surface area contributed by atoms with Gasteiger partial charge in [-0.15, -0.1) is 0 Å². The summed E-state index contributed by atoms with van der Waals surface area (Å²) in [5.74, 6) is 1.88. The number of anilines is 1. The van der Waals surface area contributed by atoms with Crippen molar-refractivity contribution in [2.45, 2.75) is 38.8 Å². The summed E-state index contributed by atoms with van der Waals surface area (Å²) in [5.41, 5.74) is 2.77. The van der Waals surface area contributed by atoms with Gasteiger partial charge in [0, 0.05) is 19.1 Å². The molecule has 6 heteroatoms. The Hall–Kier alpha value is -3.15. The first-order valence-corrected chi connectivity index (χ1v) is 9.35. The lowest BCUT2D eigenvalue weighted by atomic mass is 10.1. The summed E-state index contributed by atoms with van der Waals surface area (Å²) in [6.45, 7) is 3.90. The Labute approximate surface area is 164 Å². The minimum Gasteiger partial charge on any atom is -0.495 e. The first kappa shape index (κ1) is 18.2. The van der Waals surface area contributed by atoms with Crippen molar-refractivity contribution < 1.29 is 14.3 Å². The highest BCUT2D eigenvalue weighted by Gasteiger charge is 2.32. The van der Waals surface area contributed by atoms with E-state index in [9.17, 15) is 4.79 Å². The average molecular weight is 377 g/mol. The van der Waals surface area contributed by atoms with Gasteiger partial charge in [0.05, 0.1) is 18.4 Å². The van der Waals surface area contributed by atoms with Gasteiger partial charge in [0.15, 0.2) is 5.78 Å². The van der Waals surface area contributed by atoms with E-state index in [-0.39, 0.29) is 5.78 Å². The number of nitrogens with one attached hydrogen (secondary N) is 1. The van der Waals surface area contributed by atoms with Crippen LogP contribution in [-0.4, -0.2) is 30.8 Å². The number of Topliss-reactive ketones (excluding diaryl/α,β-unsaturated/α-hetero) is 1. The van der Waals surface area contributed by atoms with Crippen molar-refractivity contribution >= 4 is 23.6 Å². The van der Waals surface area contributed by atoms with Crippen LogP contribution in [0.25, 0.3) is 0 Å². The average Bonchev–Trinajstić information content (AvgIpc) is 3.05. The second-order valence-corrected chi connectivity index (χ2v) is 7.27. The van der Waals surface area contributed by atoms with E-state index < -0.39 is 5.72 Å². The zero-order valence-electron chi connectivity index (χ0n) is 16.3. The van der Waals surface area contributed by atoms with Crippen LogP contribution in [-0.2, 0) is 6.42 Å². The van der Waals surface area contributed by atoms with Crippen molar-refractivity contribution in [3.05, 3.63) is 53.1 Å². The standard InChI is InChI=1S/C22H23N3O3/c1-14-7-9-16(19(13-14)27-3)24-21-23-12-11-22(2,25-21)28-18-6-4-5-15-8-10-17(26)20(15)18/h4-7,9,12-13H,8,10-11H2,1-3H3,(H,24,25). The monoisotopic (exact) mass is 377 g/mol. The molecule has 1 aliphatic carbocycles. The van der Waals surface area contributed by atoms with E-state index >= 15 is 0 Å². The Morgan fingerprint density at radius 3 is 2.82 bits per heavy atom. The third-order valence-corrected chi connectivity index (χ3v) is 4.97. The Kier molecular flexibility index (Phi) is 4.63. The molecule has 0 saturated carbocycles. The van der Waals surface area contributed by atoms with E-state index in [1.807, 2.05) is 50.2 Å². The van der Waals surface area contributed by atoms with Gasteiger partial charge in [-0.3, -0.25) is 4.79 Å². The summed E-state index contributed by atoms with van der Waals surface area (Å²) in [6.07, 6.45) is 3.60. The largest absolute Gasteiger partial charge is 0.495 e. The normalized spacial score (nSPS) is 20.5. The van der Waals surface area contributed by atoms with Crippen LogP contribution >= 0.6 is 0 Å². The van der Waals surface area contributed by atoms with Crippen LogP contribution in [0.3, 0.4) is 0 Å². The molecule has 2 aromatic carbocycles. The van der Waals surface area contributed by atoms with Gasteiger partial charge in [0.2, 0.25) is 11.7 Å². The summed E-state index contributed by atoms with van der Waals surface area (Å²) >= 11 is 0. The summed E-state index contributed by atoms with van der Waals surface area (Å²) in [5, 5.41) is 3.21. The van der Waals surface area contributed by atoms with Gasteiger partial charge in [-0.1, -0.05) is 18.2 Å². The number of methoxy groups -OCH3 is 1. The van der Waals surface area contributed by atoms with Crippen molar-refractivity contribution in [3.63, 3.8) is 0 Å². The minimum atomic E-state index is -0.847. The predicted molar refractivity (Wildman–Crippen MR) is 110 cm³/mol. The molecule has 0 aromatic heterocycles. The van der Waals surface area contributed by atoms with Crippen LogP contribution in [0, 0.1) is 6.92 Å². The van der Waals surface area contributed by atoms with E-state index in [1.165, 1.54) is 0 Å². The highest BCUT2D eigenvalue weighted by molar-refractivity contribution is 6.03. The van der Waals surface area contributed by atoms with Crippen LogP contribution in [0.5, 0.6) is 11.5 Å². The third-order valence-electron chi connectivity index (χ3n) is 4.97. The minimum absolute atomic E-state index is 0.130. The number of aryl methyl sites for hydroxylation is 2. The zero-order valence-corrected chi connectivity index (χ0v) is 16.3. The fraction of sp³-hybridized carbons (Fsp3) is 0.318. The SMILES string of the molecule is COc1cc(C)ccc1NC1=NC(C)(Oc2cccc3c2C(=O)CC3)CC=N1. The molecule has 0 amide bonds. The summed E-state index contributed by atoms with van der Waals surface area (Å²) in [6, 6.07) is 11.6. The van der Waals surface area contributed by atoms with Crippen LogP contribution in [0.2, 0.25) is 0 Å². The fourth-order valence-corrected chi connectivity index (χ4v) is 3.54. The van der Waals surface area contributed by atoms with E-state index in [0.29, 0.717) is 30.1 Å². The second-order valence-electron chi connectivity index (χ2n) is 7.27. The van der Waals surface area contributed by atoms with Gasteiger partial charge in [-0.25, -0.2) is 9.98 Å². The van der Waals surface area contributed by atoms with E-state index in [2.05, 4.69) is 15.3 Å². The van der Waals surface area contributed by atoms with Crippen LogP contribution in [0.1, 0.15) is 41.3 Å². The molecule has 1 N–H and O–H groups in total. The van der Waals surface area contributed by atoms with E-state index in [0.717, 1.165) is 29.0 Å². The van der Waals surface area contributed by atoms with Gasteiger partial charge >= 0.3 is 0 Å². The molecule has 0 fully saturated rings. The first-order chi connectivity index (χ1) is 13.5. The topological polar surface area (TPSA) is 72.3 Å². The molecule has 28 heavy (non-hydrogen) atoms. The van der Waals surface area contributed by atoms with Gasteiger partial charge < -0.3 is 14.8 Å². The van der Waals surface area contributed by atoms with Gasteiger partial charge in [0.1, 0.15) is 11.5 Å². The smallest absolute Gasteiger partial charge is 0.225 e. The lowest BCUT2D eigenvalue weighted by molar-refractivity contribution is 0.0943. The highest BCUT2D eigenvalue weighted by atomic mass is 16.5. The number of ether oxygens (including phenoxy) is 2. The van der Waals surface area contributed by atoms with Gasteiger partial charge in [-0.05, 0) is 49.6 Å². The van der Waals surface area contributed by atoms with Crippen molar-refractivity contribution in [2.75, 3.05) is 12.4 Å². The molecule has 1 unspecified atom stereocenters. The van der Waals surface area contributed by atoms with Crippen molar-refractivity contribution in [1.82, 2.24) is 0 Å². The van der Waals surface area contributed by atoms with E-state index in [1.54, 1.807) is 13.3 Å². The number of carbonyl (C=O) groups excluding carboxylic acids is 1. The number of guanidine groups is 1. The first-order valence-electron chi connectivity index (χ1n) is 9.35. The van der Waals surface area contributed by atoms with E-state index in [4.69, 9.17) is 9.47 Å². The molecule has 2 aliphatic rings. The number of fused-ring (bicyclic) bond motifs is 1. The molecular formula is C22H23N3O3. The van der Waals surface area contributed by atoms with Crippen LogP contribution < -0.4 is 14.8 Å². The molecule has 0 saturated heterocycles. The van der Waals surface area contributed by atoms with Crippen molar-refractivity contribution in [1.29, 1.82) is 0 Å². The van der Waals surface area contributed by atoms with Crippen LogP contribution in [0.4, 0.5) is 5.69 Å². The number of nitrogens with zero attached hydrogens (tertiary/aromatic N) is 2. The number of rotatable bonds is 4. The molecule has 6 nitrogen and oxygen atoms in total. The molecule has 1 heterocycles. The summed E-state index contributed by atoms with van der Waals surface area (Å²) in [4.78, 5) is 21.3. The number of carbonyl (C=O) groups is 1. The zero-order chi connectivity index (χ0) is 19.7. The quantitative estimate of drug-likeness (QED) is 0.868. The molecule has 4 rings (SSSR count). The van der Waals surface area contributed by atoms with Crippen molar-refractivity contribution in [2.24, 2.45) is 9.98 Å². The predicted octanol–water partition coefficient (Wildman–Crippen LogP) is 4.17. The lowest BCUT2D eigenvalue weighted by Gasteiger charge is -2.29. The number of hydrogen-bond acceptors (Lipinski definition) is 6. The molecule has 0 bridgehead atoms. The molecule has 1 aliphatic heterocycles. The number of aliphatic imine (C=N–C) groups is 2. The lowest BCUT2D eigenvalue weighted by Crippen LogP contribution is -2.36. The fourth-order valence-electron chi connectivity index (χ4n) is 3.54. The molecule has 0 radical (unpaired) electrons. The van der Waals surface area contributed by atoms with Gasteiger partial charge in [-0.2, -0.15) is 0 Å². The third kappa shape index (κ3) is 3.50. The highest BCUT2D eigenvalue weighted by Crippen LogP contribution is 2.34. The molecule has 0 spiro atoms. The summed E-state index contributed by atoms with van der Waals surface area (Å²) in [7, 11) is 1.63. The Morgan fingerprint density at radius 1 is 1.14 bits per heavy atom. The Bertz CT molecular complexity index is 997. The Balaban J connectivity index is 1.60. The number of benzene rings is 2. The Morgan fingerprint density at radius 2 is 2.00 bits per heavy atom. The molecule has 144 valence electrons. The van der Waals surface area contributed by atoms with Crippen molar-refractivity contribution in [3.8, 4) is 11.5 Å². The maximum absolute atomic E-state index is 12.3.